The molecule has 16 heavy (non-hydrogen) atoms. The summed E-state index contributed by atoms with van der Waals surface area (Å²) in [6.45, 7) is -0.0696. The van der Waals surface area contributed by atoms with Gasteiger partial charge in [-0.25, -0.2) is 4.79 Å². The van der Waals surface area contributed by atoms with Gasteiger partial charge in [0, 0.05) is 17.3 Å². The van der Waals surface area contributed by atoms with Crippen LogP contribution in [0.2, 0.25) is 0 Å². The highest BCUT2D eigenvalue weighted by Crippen LogP contribution is 2.19. The number of carbonyl (C=O) groups excluding carboxylic acids is 1. The molecule has 1 aromatic rings. The summed E-state index contributed by atoms with van der Waals surface area (Å²) in [5.41, 5.74) is 1.40. The lowest BCUT2D eigenvalue weighted by molar-refractivity contribution is 0.240. The first kappa shape index (κ1) is 11.0. The van der Waals surface area contributed by atoms with Crippen LogP contribution in [-0.4, -0.2) is 17.2 Å². The molecule has 1 aliphatic carbocycles. The van der Waals surface area contributed by atoms with Gasteiger partial charge in [-0.1, -0.05) is 18.2 Å². The molecule has 0 radical (unpaired) electrons. The molecule has 0 atom stereocenters. The molecule has 0 bridgehead atoms. The maximum absolute atomic E-state index is 11.6. The van der Waals surface area contributed by atoms with Crippen molar-refractivity contribution in [3.63, 3.8) is 0 Å². The Balaban J connectivity index is 1.94. The number of rotatable bonds is 3. The van der Waals surface area contributed by atoms with Gasteiger partial charge in [-0.3, -0.25) is 0 Å². The van der Waals surface area contributed by atoms with Gasteiger partial charge < -0.3 is 15.7 Å². The third-order valence-corrected chi connectivity index (χ3v) is 2.88. The highest BCUT2D eigenvalue weighted by atomic mass is 16.3. The van der Waals surface area contributed by atoms with Crippen LogP contribution in [0.15, 0.2) is 24.3 Å². The number of benzene rings is 1. The molecule has 4 heteroatoms. The third-order valence-electron chi connectivity index (χ3n) is 2.88. The molecule has 4 nitrogen and oxygen atoms in total. The molecule has 0 saturated heterocycles. The largest absolute Gasteiger partial charge is 0.392 e. The fraction of sp³-hybridized carbons (Fsp3) is 0.417. The van der Waals surface area contributed by atoms with Crippen LogP contribution in [0.3, 0.4) is 0 Å². The molecular weight excluding hydrogens is 204 g/mol. The van der Waals surface area contributed by atoms with Crippen molar-refractivity contribution in [1.29, 1.82) is 0 Å². The van der Waals surface area contributed by atoms with Crippen LogP contribution in [0.1, 0.15) is 24.8 Å². The van der Waals surface area contributed by atoms with Crippen LogP contribution in [0.5, 0.6) is 0 Å². The zero-order valence-electron chi connectivity index (χ0n) is 9.07. The van der Waals surface area contributed by atoms with Crippen LogP contribution in [0.4, 0.5) is 10.5 Å². The quantitative estimate of drug-likeness (QED) is 0.728. The van der Waals surface area contributed by atoms with E-state index in [1.54, 1.807) is 12.1 Å². The number of aliphatic hydroxyl groups is 1. The van der Waals surface area contributed by atoms with E-state index in [9.17, 15) is 4.79 Å². The summed E-state index contributed by atoms with van der Waals surface area (Å²) in [5.74, 6) is 0. The first-order valence-corrected chi connectivity index (χ1v) is 5.56. The SMILES string of the molecule is O=C(Nc1ccccc1CO)NC1CCC1. The number of aliphatic hydroxyl groups excluding tert-OH is 1. The highest BCUT2D eigenvalue weighted by molar-refractivity contribution is 5.90. The molecule has 0 aliphatic heterocycles. The molecule has 0 aromatic heterocycles. The van der Waals surface area contributed by atoms with Gasteiger partial charge in [0.05, 0.1) is 6.61 Å². The van der Waals surface area contributed by atoms with E-state index < -0.39 is 0 Å². The molecule has 86 valence electrons. The van der Waals surface area contributed by atoms with Gasteiger partial charge >= 0.3 is 6.03 Å². The van der Waals surface area contributed by atoms with Crippen molar-refractivity contribution in [2.24, 2.45) is 0 Å². The molecule has 2 rings (SSSR count). The van der Waals surface area contributed by atoms with E-state index >= 15 is 0 Å². The van der Waals surface area contributed by atoms with E-state index in [0.29, 0.717) is 11.7 Å². The van der Waals surface area contributed by atoms with Gasteiger partial charge in [0.25, 0.3) is 0 Å². The van der Waals surface area contributed by atoms with Crippen molar-refractivity contribution in [1.82, 2.24) is 5.32 Å². The Bertz CT molecular complexity index is 375. The zero-order chi connectivity index (χ0) is 11.4. The Hall–Kier alpha value is -1.55. The maximum atomic E-state index is 11.6. The van der Waals surface area contributed by atoms with Gasteiger partial charge in [0.15, 0.2) is 0 Å². The second-order valence-electron chi connectivity index (χ2n) is 4.04. The fourth-order valence-corrected chi connectivity index (χ4v) is 1.68. The van der Waals surface area contributed by atoms with E-state index in [1.165, 1.54) is 6.42 Å². The average molecular weight is 220 g/mol. The molecule has 0 spiro atoms. The van der Waals surface area contributed by atoms with Crippen molar-refractivity contribution < 1.29 is 9.90 Å². The van der Waals surface area contributed by atoms with E-state index in [4.69, 9.17) is 5.11 Å². The lowest BCUT2D eigenvalue weighted by Crippen LogP contribution is -2.41. The number of carbonyl (C=O) groups is 1. The van der Waals surface area contributed by atoms with Gasteiger partial charge in [0.1, 0.15) is 0 Å². The summed E-state index contributed by atoms with van der Waals surface area (Å²) in [6, 6.07) is 7.37. The molecule has 2 amide bonds. The Morgan fingerprint density at radius 1 is 1.38 bits per heavy atom. The molecular formula is C12H16N2O2. The molecule has 1 saturated carbocycles. The molecule has 0 heterocycles. The molecule has 0 unspecified atom stereocenters. The van der Waals surface area contributed by atoms with Crippen LogP contribution < -0.4 is 10.6 Å². The smallest absolute Gasteiger partial charge is 0.319 e. The second-order valence-corrected chi connectivity index (χ2v) is 4.04. The molecule has 1 fully saturated rings. The fourth-order valence-electron chi connectivity index (χ4n) is 1.68. The normalized spacial score (nSPS) is 15.3. The minimum absolute atomic E-state index is 0.0696. The standard InChI is InChI=1S/C12H16N2O2/c15-8-9-4-1-2-7-11(9)14-12(16)13-10-5-3-6-10/h1-2,4,7,10,15H,3,5-6,8H2,(H2,13,14,16). The predicted octanol–water partition coefficient (Wildman–Crippen LogP) is 1.85. The van der Waals surface area contributed by atoms with E-state index in [0.717, 1.165) is 18.4 Å². The van der Waals surface area contributed by atoms with Gasteiger partial charge in [-0.15, -0.1) is 0 Å². The molecule has 3 N–H and O–H groups in total. The number of urea groups is 1. The number of hydrogen-bond donors (Lipinski definition) is 3. The first-order chi connectivity index (χ1) is 7.79. The van der Waals surface area contributed by atoms with Crippen molar-refractivity contribution in [2.75, 3.05) is 5.32 Å². The Kier molecular flexibility index (Phi) is 3.41. The minimum atomic E-state index is -0.189. The van der Waals surface area contributed by atoms with Gasteiger partial charge in [-0.05, 0) is 25.3 Å². The highest BCUT2D eigenvalue weighted by Gasteiger charge is 2.19. The maximum Gasteiger partial charge on any atom is 0.319 e. The van der Waals surface area contributed by atoms with Gasteiger partial charge in [0.2, 0.25) is 0 Å². The summed E-state index contributed by atoms with van der Waals surface area (Å²) < 4.78 is 0. The summed E-state index contributed by atoms with van der Waals surface area (Å²) in [6.07, 6.45) is 3.32. The minimum Gasteiger partial charge on any atom is -0.392 e. The third kappa shape index (κ3) is 2.52. The number of hydrogen-bond acceptors (Lipinski definition) is 2. The number of para-hydroxylation sites is 1. The first-order valence-electron chi connectivity index (χ1n) is 5.56. The van der Waals surface area contributed by atoms with Crippen molar-refractivity contribution in [3.05, 3.63) is 29.8 Å². The lowest BCUT2D eigenvalue weighted by atomic mass is 9.93. The van der Waals surface area contributed by atoms with Crippen LogP contribution in [0, 0.1) is 0 Å². The van der Waals surface area contributed by atoms with E-state index in [1.807, 2.05) is 12.1 Å². The van der Waals surface area contributed by atoms with Gasteiger partial charge in [-0.2, -0.15) is 0 Å². The number of anilines is 1. The Morgan fingerprint density at radius 3 is 2.75 bits per heavy atom. The predicted molar refractivity (Wildman–Crippen MR) is 62.2 cm³/mol. The van der Waals surface area contributed by atoms with Crippen LogP contribution >= 0.6 is 0 Å². The summed E-state index contributed by atoms with van der Waals surface area (Å²) in [5, 5.41) is 14.7. The molecule has 1 aromatic carbocycles. The summed E-state index contributed by atoms with van der Waals surface area (Å²) in [4.78, 5) is 11.6. The zero-order valence-corrected chi connectivity index (χ0v) is 9.07. The lowest BCUT2D eigenvalue weighted by Gasteiger charge is -2.26. The topological polar surface area (TPSA) is 61.4 Å². The monoisotopic (exact) mass is 220 g/mol. The Labute approximate surface area is 94.7 Å². The van der Waals surface area contributed by atoms with Crippen molar-refractivity contribution in [2.45, 2.75) is 31.9 Å². The number of amides is 2. The van der Waals surface area contributed by atoms with Crippen molar-refractivity contribution in [3.8, 4) is 0 Å². The molecule has 1 aliphatic rings. The second kappa shape index (κ2) is 4.99. The van der Waals surface area contributed by atoms with E-state index in [-0.39, 0.29) is 12.6 Å². The Morgan fingerprint density at radius 2 is 2.12 bits per heavy atom. The average Bonchev–Trinajstić information content (AvgIpc) is 2.24. The van der Waals surface area contributed by atoms with Crippen molar-refractivity contribution >= 4 is 11.7 Å². The summed E-state index contributed by atoms with van der Waals surface area (Å²) >= 11 is 0. The van der Waals surface area contributed by atoms with E-state index in [2.05, 4.69) is 10.6 Å². The van der Waals surface area contributed by atoms with Crippen LogP contribution in [0.25, 0.3) is 0 Å². The summed E-state index contributed by atoms with van der Waals surface area (Å²) in [7, 11) is 0. The van der Waals surface area contributed by atoms with Crippen LogP contribution in [-0.2, 0) is 6.61 Å². The number of nitrogens with one attached hydrogen (secondary N) is 2.